The van der Waals surface area contributed by atoms with Gasteiger partial charge in [-0.1, -0.05) is 18.2 Å². The molecule has 0 bridgehead atoms. The first kappa shape index (κ1) is 17.2. The van der Waals surface area contributed by atoms with Crippen LogP contribution in [0.5, 0.6) is 0 Å². The van der Waals surface area contributed by atoms with E-state index in [4.69, 9.17) is 0 Å². The van der Waals surface area contributed by atoms with E-state index in [0.29, 0.717) is 5.95 Å². The summed E-state index contributed by atoms with van der Waals surface area (Å²) in [6, 6.07) is 12.3. The SMILES string of the molecule is Cc1ccc(C)c(Nc2nncc(N3CCN(c4ccccn4)CC3)n2)c1. The number of aryl methyl sites for hydroxylation is 2. The molecule has 0 aliphatic carbocycles. The van der Waals surface area contributed by atoms with Gasteiger partial charge in [-0.2, -0.15) is 10.1 Å². The molecule has 2 aromatic heterocycles. The van der Waals surface area contributed by atoms with Gasteiger partial charge in [-0.05, 0) is 43.2 Å². The van der Waals surface area contributed by atoms with Crippen molar-refractivity contribution in [3.63, 3.8) is 0 Å². The van der Waals surface area contributed by atoms with Gasteiger partial charge in [0, 0.05) is 38.1 Å². The molecule has 0 unspecified atom stereocenters. The molecule has 1 aliphatic heterocycles. The molecule has 3 heterocycles. The first-order valence-corrected chi connectivity index (χ1v) is 9.14. The molecule has 1 aromatic carbocycles. The molecule has 3 aromatic rings. The van der Waals surface area contributed by atoms with Gasteiger partial charge in [0.15, 0.2) is 5.82 Å². The van der Waals surface area contributed by atoms with Gasteiger partial charge in [-0.3, -0.25) is 0 Å². The summed E-state index contributed by atoms with van der Waals surface area (Å²) in [5.41, 5.74) is 3.35. The number of nitrogens with one attached hydrogen (secondary N) is 1. The standard InChI is InChI=1S/C20H23N7/c1-15-6-7-16(2)17(13-15)23-20-24-19(14-22-25-20)27-11-9-26(10-12-27)18-5-3-4-8-21-18/h3-8,13-14H,9-12H2,1-2H3,(H,23,24,25). The van der Waals surface area contributed by atoms with Crippen molar-refractivity contribution in [1.82, 2.24) is 20.2 Å². The van der Waals surface area contributed by atoms with Crippen LogP contribution in [0.4, 0.5) is 23.3 Å². The van der Waals surface area contributed by atoms with Crippen LogP contribution >= 0.6 is 0 Å². The van der Waals surface area contributed by atoms with Gasteiger partial charge in [-0.25, -0.2) is 4.98 Å². The maximum Gasteiger partial charge on any atom is 0.249 e. The van der Waals surface area contributed by atoms with Crippen LogP contribution in [0.2, 0.25) is 0 Å². The Labute approximate surface area is 159 Å². The molecule has 0 spiro atoms. The van der Waals surface area contributed by atoms with Crippen molar-refractivity contribution in [2.45, 2.75) is 13.8 Å². The van der Waals surface area contributed by atoms with Crippen LogP contribution in [-0.4, -0.2) is 46.3 Å². The molecular weight excluding hydrogens is 338 g/mol. The van der Waals surface area contributed by atoms with E-state index < -0.39 is 0 Å². The molecule has 1 N–H and O–H groups in total. The minimum Gasteiger partial charge on any atom is -0.353 e. The normalized spacial score (nSPS) is 14.3. The van der Waals surface area contributed by atoms with E-state index in [9.17, 15) is 0 Å². The third kappa shape index (κ3) is 3.97. The van der Waals surface area contributed by atoms with Crippen molar-refractivity contribution in [2.24, 2.45) is 0 Å². The Kier molecular flexibility index (Phi) is 4.82. The molecule has 7 nitrogen and oxygen atoms in total. The minimum absolute atomic E-state index is 0.522. The lowest BCUT2D eigenvalue weighted by molar-refractivity contribution is 0.639. The molecule has 1 fully saturated rings. The van der Waals surface area contributed by atoms with E-state index in [-0.39, 0.29) is 0 Å². The molecule has 0 saturated carbocycles. The van der Waals surface area contributed by atoms with Gasteiger partial charge in [0.05, 0.1) is 6.20 Å². The van der Waals surface area contributed by atoms with Crippen molar-refractivity contribution in [2.75, 3.05) is 41.3 Å². The van der Waals surface area contributed by atoms with E-state index >= 15 is 0 Å². The second-order valence-electron chi connectivity index (χ2n) is 6.74. The summed E-state index contributed by atoms with van der Waals surface area (Å²) in [5, 5.41) is 11.6. The minimum atomic E-state index is 0.522. The summed E-state index contributed by atoms with van der Waals surface area (Å²) in [6.07, 6.45) is 3.56. The molecule has 1 aliphatic rings. The summed E-state index contributed by atoms with van der Waals surface area (Å²) in [6.45, 7) is 7.69. The zero-order valence-corrected chi connectivity index (χ0v) is 15.6. The van der Waals surface area contributed by atoms with Gasteiger partial charge in [0.1, 0.15) is 5.82 Å². The molecule has 4 rings (SSSR count). The van der Waals surface area contributed by atoms with Crippen molar-refractivity contribution in [3.8, 4) is 0 Å². The predicted octanol–water partition coefficient (Wildman–Crippen LogP) is 2.95. The number of aromatic nitrogens is 4. The third-order valence-corrected chi connectivity index (χ3v) is 4.76. The van der Waals surface area contributed by atoms with Crippen molar-refractivity contribution < 1.29 is 0 Å². The van der Waals surface area contributed by atoms with Gasteiger partial charge < -0.3 is 15.1 Å². The fraction of sp³-hybridized carbons (Fsp3) is 0.300. The maximum atomic E-state index is 4.67. The zero-order valence-electron chi connectivity index (χ0n) is 15.6. The number of hydrogen-bond acceptors (Lipinski definition) is 7. The van der Waals surface area contributed by atoms with Gasteiger partial charge in [0.25, 0.3) is 0 Å². The predicted molar refractivity (Wildman–Crippen MR) is 108 cm³/mol. The first-order valence-electron chi connectivity index (χ1n) is 9.14. The highest BCUT2D eigenvalue weighted by Crippen LogP contribution is 2.21. The Bertz CT molecular complexity index is 905. The highest BCUT2D eigenvalue weighted by molar-refractivity contribution is 5.60. The fourth-order valence-corrected chi connectivity index (χ4v) is 3.20. The van der Waals surface area contributed by atoms with Crippen LogP contribution in [0.15, 0.2) is 48.8 Å². The van der Waals surface area contributed by atoms with Crippen LogP contribution in [0.25, 0.3) is 0 Å². The first-order chi connectivity index (χ1) is 13.2. The number of benzene rings is 1. The molecule has 0 atom stereocenters. The maximum absolute atomic E-state index is 4.67. The number of nitrogens with zero attached hydrogens (tertiary/aromatic N) is 6. The van der Waals surface area contributed by atoms with Gasteiger partial charge in [0.2, 0.25) is 5.95 Å². The summed E-state index contributed by atoms with van der Waals surface area (Å²) in [7, 11) is 0. The van der Waals surface area contributed by atoms with E-state index in [1.54, 1.807) is 6.20 Å². The van der Waals surface area contributed by atoms with Crippen molar-refractivity contribution >= 4 is 23.3 Å². The number of pyridine rings is 1. The molecule has 27 heavy (non-hydrogen) atoms. The largest absolute Gasteiger partial charge is 0.353 e. The number of rotatable bonds is 4. The van der Waals surface area contributed by atoms with E-state index in [0.717, 1.165) is 49.1 Å². The second kappa shape index (κ2) is 7.57. The summed E-state index contributed by atoms with van der Waals surface area (Å²) < 4.78 is 0. The Morgan fingerprint density at radius 2 is 1.70 bits per heavy atom. The lowest BCUT2D eigenvalue weighted by Crippen LogP contribution is -2.47. The second-order valence-corrected chi connectivity index (χ2v) is 6.74. The average Bonchev–Trinajstić information content (AvgIpc) is 2.72. The molecule has 7 heteroatoms. The summed E-state index contributed by atoms with van der Waals surface area (Å²) in [5.74, 6) is 2.39. The fourth-order valence-electron chi connectivity index (χ4n) is 3.20. The number of piperazine rings is 1. The lowest BCUT2D eigenvalue weighted by atomic mass is 10.1. The quantitative estimate of drug-likeness (QED) is 0.766. The molecular formula is C20H23N7. The molecule has 1 saturated heterocycles. The Balaban J connectivity index is 1.45. The van der Waals surface area contributed by atoms with Crippen molar-refractivity contribution in [1.29, 1.82) is 0 Å². The highest BCUT2D eigenvalue weighted by Gasteiger charge is 2.19. The molecule has 138 valence electrons. The smallest absolute Gasteiger partial charge is 0.249 e. The van der Waals surface area contributed by atoms with Crippen LogP contribution in [0.3, 0.4) is 0 Å². The van der Waals surface area contributed by atoms with Crippen LogP contribution in [0.1, 0.15) is 11.1 Å². The summed E-state index contributed by atoms with van der Waals surface area (Å²) in [4.78, 5) is 13.6. The van der Waals surface area contributed by atoms with E-state index in [1.165, 1.54) is 5.56 Å². The molecule has 0 amide bonds. The van der Waals surface area contributed by atoms with Gasteiger partial charge >= 0.3 is 0 Å². The van der Waals surface area contributed by atoms with E-state index in [1.807, 2.05) is 24.4 Å². The lowest BCUT2D eigenvalue weighted by Gasteiger charge is -2.35. The average molecular weight is 361 g/mol. The topological polar surface area (TPSA) is 70.1 Å². The Morgan fingerprint density at radius 1 is 0.926 bits per heavy atom. The number of hydrogen-bond donors (Lipinski definition) is 1. The molecule has 0 radical (unpaired) electrons. The van der Waals surface area contributed by atoms with Crippen LogP contribution in [0, 0.1) is 13.8 Å². The number of anilines is 4. The summed E-state index contributed by atoms with van der Waals surface area (Å²) >= 11 is 0. The van der Waals surface area contributed by atoms with Crippen LogP contribution in [-0.2, 0) is 0 Å². The monoisotopic (exact) mass is 361 g/mol. The van der Waals surface area contributed by atoms with Crippen LogP contribution < -0.4 is 15.1 Å². The zero-order chi connectivity index (χ0) is 18.6. The van der Waals surface area contributed by atoms with E-state index in [2.05, 4.69) is 67.3 Å². The van der Waals surface area contributed by atoms with Gasteiger partial charge in [-0.15, -0.1) is 5.10 Å². The van der Waals surface area contributed by atoms with Crippen molar-refractivity contribution in [3.05, 3.63) is 59.9 Å². The Hall–Kier alpha value is -3.22. The highest BCUT2D eigenvalue weighted by atomic mass is 15.3. The third-order valence-electron chi connectivity index (χ3n) is 4.76. The Morgan fingerprint density at radius 3 is 2.44 bits per heavy atom.